The Balaban J connectivity index is 1.29. The lowest BCUT2D eigenvalue weighted by molar-refractivity contribution is -0.148. The number of amides is 5. The van der Waals surface area contributed by atoms with Gasteiger partial charge in [0.15, 0.2) is 0 Å². The fourth-order valence-electron chi connectivity index (χ4n) is 10.3. The second kappa shape index (κ2) is 26.5. The number of likely N-dealkylation sites (N-methyl/N-ethyl adjacent to an activating group) is 2. The van der Waals surface area contributed by atoms with E-state index in [1.165, 1.54) is 16.9 Å². The molecule has 18 heteroatoms. The Labute approximate surface area is 450 Å². The summed E-state index contributed by atoms with van der Waals surface area (Å²) in [5.41, 5.74) is 10.4. The molecule has 6 atom stereocenters. The van der Waals surface area contributed by atoms with Gasteiger partial charge in [0, 0.05) is 74.4 Å². The van der Waals surface area contributed by atoms with Crippen LogP contribution in [0.25, 0.3) is 11.3 Å². The van der Waals surface area contributed by atoms with Gasteiger partial charge in [-0.25, -0.2) is 4.98 Å². The number of hydrogen-bond acceptors (Lipinski definition) is 10. The summed E-state index contributed by atoms with van der Waals surface area (Å²) < 4.78 is 14.2. The third-order valence-electron chi connectivity index (χ3n) is 14.4. The van der Waals surface area contributed by atoms with Crippen LogP contribution in [0.15, 0.2) is 103 Å². The van der Waals surface area contributed by atoms with Gasteiger partial charge in [-0.15, -0.1) is 0 Å². The fraction of sp³-hybridized carbons (Fsp3) is 0.439. The van der Waals surface area contributed by atoms with E-state index in [9.17, 15) is 9.59 Å². The van der Waals surface area contributed by atoms with Crippen LogP contribution >= 0.6 is 23.2 Å². The predicted octanol–water partition coefficient (Wildman–Crippen LogP) is 7.03. The molecule has 2 fully saturated rings. The number of aromatic nitrogens is 2. The van der Waals surface area contributed by atoms with Gasteiger partial charge in [0.25, 0.3) is 0 Å². The van der Waals surface area contributed by atoms with Crippen molar-refractivity contribution in [1.29, 1.82) is 0 Å². The Bertz CT molecular complexity index is 2740. The van der Waals surface area contributed by atoms with E-state index < -0.39 is 41.8 Å². The number of halogens is 2. The van der Waals surface area contributed by atoms with Crippen molar-refractivity contribution in [3.63, 3.8) is 0 Å². The van der Waals surface area contributed by atoms with Gasteiger partial charge in [-0.3, -0.25) is 24.0 Å². The van der Waals surface area contributed by atoms with Crippen LogP contribution in [0.5, 0.6) is 11.5 Å². The summed E-state index contributed by atoms with van der Waals surface area (Å²) in [5, 5.41) is 7.09. The quantitative estimate of drug-likeness (QED) is 0.0984. The highest BCUT2D eigenvalue weighted by atomic mass is 35.5. The topological polar surface area (TPSA) is 185 Å². The van der Waals surface area contributed by atoms with Gasteiger partial charge < -0.3 is 50.0 Å². The van der Waals surface area contributed by atoms with Crippen molar-refractivity contribution < 1.29 is 33.4 Å². The van der Waals surface area contributed by atoms with E-state index in [0.717, 1.165) is 41.1 Å². The summed E-state index contributed by atoms with van der Waals surface area (Å²) in [4.78, 5) is 85.9. The minimum atomic E-state index is -1.23. The highest BCUT2D eigenvalue weighted by Gasteiger charge is 2.40. The van der Waals surface area contributed by atoms with Gasteiger partial charge in [0.2, 0.25) is 29.5 Å². The molecule has 75 heavy (non-hydrogen) atoms. The molecule has 0 spiro atoms. The maximum absolute atomic E-state index is 15.5. The number of carbonyl (C=O) groups is 5. The first kappa shape index (κ1) is 56.4. The number of benzene rings is 4. The largest absolute Gasteiger partial charge is 0.457 e. The number of rotatable bonds is 15. The molecular weight excluding hydrogens is 994 g/mol. The first-order valence-corrected chi connectivity index (χ1v) is 26.4. The van der Waals surface area contributed by atoms with Crippen LogP contribution in [0.4, 0.5) is 0 Å². The summed E-state index contributed by atoms with van der Waals surface area (Å²) in [7, 11) is 10.7. The molecular formula is C57H71Cl2N9O7. The monoisotopic (exact) mass is 1060 g/mol. The molecule has 1 saturated carbocycles. The van der Waals surface area contributed by atoms with Crippen molar-refractivity contribution in [1.82, 2.24) is 39.8 Å². The third-order valence-corrected chi connectivity index (χ3v) is 14.9. The van der Waals surface area contributed by atoms with Crippen molar-refractivity contribution in [2.75, 3.05) is 48.5 Å². The van der Waals surface area contributed by atoms with Crippen LogP contribution < -0.4 is 21.1 Å². The van der Waals surface area contributed by atoms with Gasteiger partial charge in [0.05, 0.1) is 43.5 Å². The molecule has 5 aromatic rings. The molecule has 2 heterocycles. The first-order valence-electron chi connectivity index (χ1n) is 25.6. The lowest BCUT2D eigenvalue weighted by Crippen LogP contribution is -2.59. The van der Waals surface area contributed by atoms with E-state index in [4.69, 9.17) is 38.4 Å². The molecule has 0 bridgehead atoms. The van der Waals surface area contributed by atoms with Crippen LogP contribution in [0.3, 0.4) is 0 Å². The molecule has 0 unspecified atom stereocenters. The number of fused-ring (bicyclic) bond motifs is 1. The Kier molecular flexibility index (Phi) is 19.9. The van der Waals surface area contributed by atoms with Crippen molar-refractivity contribution in [2.24, 2.45) is 18.7 Å². The lowest BCUT2D eigenvalue weighted by atomic mass is 9.87. The smallest absolute Gasteiger partial charge is 0.247 e. The highest BCUT2D eigenvalue weighted by Crippen LogP contribution is 2.33. The molecule has 16 nitrogen and oxygen atoms in total. The zero-order valence-corrected chi connectivity index (χ0v) is 45.4. The Hall–Kier alpha value is -6.30. The number of nitrogens with one attached hydrogen (secondary N) is 2. The minimum absolute atomic E-state index is 0.00284. The van der Waals surface area contributed by atoms with E-state index in [1.807, 2.05) is 94.1 Å². The van der Waals surface area contributed by atoms with E-state index in [-0.39, 0.29) is 69.3 Å². The maximum Gasteiger partial charge on any atom is 0.247 e. The molecule has 1 saturated heterocycles. The molecule has 5 amide bonds. The predicted molar refractivity (Wildman–Crippen MR) is 291 cm³/mol. The highest BCUT2D eigenvalue weighted by molar-refractivity contribution is 6.31. The van der Waals surface area contributed by atoms with Crippen molar-refractivity contribution in [3.8, 4) is 22.8 Å². The van der Waals surface area contributed by atoms with Crippen molar-refractivity contribution >= 4 is 52.7 Å². The van der Waals surface area contributed by atoms with E-state index >= 15 is 14.4 Å². The van der Waals surface area contributed by atoms with E-state index in [2.05, 4.69) is 25.1 Å². The van der Waals surface area contributed by atoms with Gasteiger partial charge in [-0.2, -0.15) is 0 Å². The molecule has 4 aromatic carbocycles. The second-order valence-corrected chi connectivity index (χ2v) is 20.9. The Morgan fingerprint density at radius 1 is 0.787 bits per heavy atom. The molecule has 400 valence electrons. The fourth-order valence-corrected chi connectivity index (χ4v) is 10.6. The van der Waals surface area contributed by atoms with Gasteiger partial charge in [-0.1, -0.05) is 84.6 Å². The maximum atomic E-state index is 15.5. The number of nitrogens with two attached hydrogens (primary N) is 1. The van der Waals surface area contributed by atoms with Crippen LogP contribution in [0.1, 0.15) is 67.5 Å². The second-order valence-electron chi connectivity index (χ2n) is 20.1. The molecule has 1 aliphatic carbocycles. The molecule has 2 aliphatic rings. The summed E-state index contributed by atoms with van der Waals surface area (Å²) in [6, 6.07) is 25.5. The normalized spacial score (nSPS) is 21.6. The number of methoxy groups -OCH3 is 1. The first-order chi connectivity index (χ1) is 36.0. The Morgan fingerprint density at radius 3 is 2.17 bits per heavy atom. The zero-order chi connectivity index (χ0) is 53.8. The average molecular weight is 1070 g/mol. The van der Waals surface area contributed by atoms with Crippen LogP contribution in [-0.2, 0) is 61.7 Å². The lowest BCUT2D eigenvalue weighted by Gasteiger charge is -2.40. The minimum Gasteiger partial charge on any atom is -0.457 e. The van der Waals surface area contributed by atoms with Crippen LogP contribution in [0, 0.1) is 5.92 Å². The van der Waals surface area contributed by atoms with Gasteiger partial charge >= 0.3 is 0 Å². The molecule has 0 radical (unpaired) electrons. The summed E-state index contributed by atoms with van der Waals surface area (Å²) in [5.74, 6) is -1.31. The zero-order valence-electron chi connectivity index (χ0n) is 43.8. The van der Waals surface area contributed by atoms with E-state index in [0.29, 0.717) is 52.9 Å². The molecule has 4 N–H and O–H groups in total. The Morgan fingerprint density at radius 2 is 1.48 bits per heavy atom. The molecule has 7 rings (SSSR count). The van der Waals surface area contributed by atoms with Gasteiger partial charge in [-0.05, 0) is 112 Å². The van der Waals surface area contributed by atoms with Crippen molar-refractivity contribution in [2.45, 2.75) is 101 Å². The number of hydrogen-bond donors (Lipinski definition) is 3. The van der Waals surface area contributed by atoms with Crippen LogP contribution in [-0.4, -0.2) is 137 Å². The van der Waals surface area contributed by atoms with Gasteiger partial charge in [0.1, 0.15) is 29.4 Å². The van der Waals surface area contributed by atoms with E-state index in [1.54, 1.807) is 49.3 Å². The number of imidazole rings is 1. The average Bonchev–Trinajstić information content (AvgIpc) is 3.75. The summed E-state index contributed by atoms with van der Waals surface area (Å²) in [6.45, 7) is 0.301. The summed E-state index contributed by atoms with van der Waals surface area (Å²) in [6.07, 6.45) is 4.99. The molecule has 1 aromatic heterocycles. The molecule has 1 aliphatic heterocycles. The van der Waals surface area contributed by atoms with Crippen molar-refractivity contribution in [3.05, 3.63) is 136 Å². The SMILES string of the molecule is COC[C@@H]1NC(=O)[C@@H](CCN)N(Cc2ccc(Cl)cc2Oc2ccc(-c3cnc(CN(C)C)n3C)cc2)C(=O)C[C@@H](Cc2ccccc2)C(=O)N(C)[C@H]2CCCC[C@@H]2NC(=O)C[C@H](Cc2ccc(Cl)cc2)N(C)C1=O. The number of ether oxygens (including phenoxy) is 2. The standard InChI is InChI=1S/C57H71Cl2N9O7/c1-64(2)35-52-61-33-50(66(52)4)39-19-24-45(25-20-39)75-51-31-43(59)23-18-40(51)34-68-49(26-27-60)55(71)63-47(36-74-6)57(73)65(3)44(29-38-16-21-42(58)22-17-38)32-53(69)62-46-14-10-11-15-48(46)67(5)56(72)41(30-54(68)70)28-37-12-8-7-9-13-37/h7-9,12-13,16-25,31,33,41,44,46-49H,10-11,14-15,26-30,32,34-36,60H2,1-6H3,(H,62,69)(H,63,71)/t41-,44+,46+,47+,48+,49-/m1/s1. The van der Waals surface area contributed by atoms with Crippen LogP contribution in [0.2, 0.25) is 10.0 Å². The number of carbonyl (C=O) groups excluding carboxylic acids is 5. The summed E-state index contributed by atoms with van der Waals surface area (Å²) >= 11 is 12.9. The third kappa shape index (κ3) is 14.8. The number of nitrogens with zero attached hydrogens (tertiary/aromatic N) is 6.